The highest BCUT2D eigenvalue weighted by Crippen LogP contribution is 2.20. The molecule has 0 unspecified atom stereocenters. The van der Waals surface area contributed by atoms with Gasteiger partial charge in [0, 0.05) is 17.6 Å². The van der Waals surface area contributed by atoms with Gasteiger partial charge in [-0.05, 0) is 25.0 Å². The van der Waals surface area contributed by atoms with Gasteiger partial charge in [0.15, 0.2) is 0 Å². The zero-order valence-corrected chi connectivity index (χ0v) is 14.0. The number of carbonyl (C=O) groups excluding carboxylic acids is 2. The number of benzene rings is 1. The fourth-order valence-corrected chi connectivity index (χ4v) is 3.46. The van der Waals surface area contributed by atoms with Crippen LogP contribution in [0.2, 0.25) is 0 Å². The molecule has 2 amide bonds. The van der Waals surface area contributed by atoms with Crippen LogP contribution in [-0.2, 0) is 11.3 Å². The molecule has 3 rings (SSSR count). The highest BCUT2D eigenvalue weighted by Gasteiger charge is 2.20. The maximum atomic E-state index is 12.5. The zero-order chi connectivity index (χ0) is 16.9. The smallest absolute Gasteiger partial charge is 0.307 e. The van der Waals surface area contributed by atoms with Crippen LogP contribution < -0.4 is 15.5 Å². The van der Waals surface area contributed by atoms with Crippen molar-refractivity contribution in [1.82, 2.24) is 9.88 Å². The molecule has 2 aromatic rings. The molecule has 0 bridgehead atoms. The van der Waals surface area contributed by atoms with Gasteiger partial charge in [-0.15, -0.1) is 0 Å². The van der Waals surface area contributed by atoms with Crippen molar-refractivity contribution in [2.45, 2.75) is 38.3 Å². The quantitative estimate of drug-likeness (QED) is 0.872. The minimum absolute atomic E-state index is 0.0685. The highest BCUT2D eigenvalue weighted by atomic mass is 32.1. The Hall–Kier alpha value is -2.41. The summed E-state index contributed by atoms with van der Waals surface area (Å²) < 4.78 is 1.33. The lowest BCUT2D eigenvalue weighted by Gasteiger charge is -2.15. The molecule has 1 aliphatic carbocycles. The van der Waals surface area contributed by atoms with Gasteiger partial charge in [0.1, 0.15) is 6.54 Å². The van der Waals surface area contributed by atoms with Gasteiger partial charge in [-0.25, -0.2) is 0 Å². The second kappa shape index (κ2) is 7.44. The Morgan fingerprint density at radius 3 is 2.67 bits per heavy atom. The zero-order valence-electron chi connectivity index (χ0n) is 13.2. The molecule has 0 radical (unpaired) electrons. The SMILES string of the molecule is O=C(Cn1ccsc1=O)Nc1ccccc1C(=O)NC1CCCC1. The molecule has 1 aromatic carbocycles. The van der Waals surface area contributed by atoms with Crippen molar-refractivity contribution in [3.8, 4) is 0 Å². The lowest BCUT2D eigenvalue weighted by molar-refractivity contribution is -0.116. The minimum Gasteiger partial charge on any atom is -0.349 e. The fraction of sp³-hybridized carbons (Fsp3) is 0.353. The average molecular weight is 345 g/mol. The third-order valence-electron chi connectivity index (χ3n) is 4.09. The number of amides is 2. The second-order valence-electron chi connectivity index (χ2n) is 5.85. The fourth-order valence-electron chi connectivity index (χ4n) is 2.88. The van der Waals surface area contributed by atoms with Crippen molar-refractivity contribution >= 4 is 28.8 Å². The Bertz CT molecular complexity index is 790. The van der Waals surface area contributed by atoms with Crippen LogP contribution in [0.15, 0.2) is 40.6 Å². The first-order valence-corrected chi connectivity index (χ1v) is 8.85. The summed E-state index contributed by atoms with van der Waals surface area (Å²) in [4.78, 5) is 35.9. The number of aromatic nitrogens is 1. The number of carbonyl (C=O) groups is 2. The summed E-state index contributed by atoms with van der Waals surface area (Å²) in [5, 5.41) is 7.38. The van der Waals surface area contributed by atoms with E-state index in [0.29, 0.717) is 11.3 Å². The van der Waals surface area contributed by atoms with Crippen molar-refractivity contribution < 1.29 is 9.59 Å². The summed E-state index contributed by atoms with van der Waals surface area (Å²) in [6, 6.07) is 7.13. The summed E-state index contributed by atoms with van der Waals surface area (Å²) in [6.07, 6.45) is 5.85. The van der Waals surface area contributed by atoms with Gasteiger partial charge in [-0.3, -0.25) is 19.0 Å². The molecule has 2 N–H and O–H groups in total. The molecule has 0 aliphatic heterocycles. The molecule has 0 saturated heterocycles. The van der Waals surface area contributed by atoms with Crippen LogP contribution in [0.1, 0.15) is 36.0 Å². The van der Waals surface area contributed by atoms with E-state index in [0.717, 1.165) is 37.0 Å². The van der Waals surface area contributed by atoms with E-state index in [1.807, 2.05) is 0 Å². The Morgan fingerprint density at radius 2 is 1.96 bits per heavy atom. The predicted molar refractivity (Wildman–Crippen MR) is 93.4 cm³/mol. The summed E-state index contributed by atoms with van der Waals surface area (Å²) in [5.74, 6) is -0.512. The first kappa shape index (κ1) is 16.4. The van der Waals surface area contributed by atoms with E-state index < -0.39 is 0 Å². The van der Waals surface area contributed by atoms with Gasteiger partial charge < -0.3 is 10.6 Å². The molecule has 1 aromatic heterocycles. The first-order chi connectivity index (χ1) is 11.6. The number of nitrogens with one attached hydrogen (secondary N) is 2. The van der Waals surface area contributed by atoms with E-state index in [4.69, 9.17) is 0 Å². The van der Waals surface area contributed by atoms with E-state index >= 15 is 0 Å². The van der Waals surface area contributed by atoms with Crippen molar-refractivity contribution in [3.63, 3.8) is 0 Å². The van der Waals surface area contributed by atoms with Gasteiger partial charge in [-0.1, -0.05) is 36.3 Å². The van der Waals surface area contributed by atoms with Crippen LogP contribution >= 0.6 is 11.3 Å². The van der Waals surface area contributed by atoms with Crippen LogP contribution in [0.4, 0.5) is 5.69 Å². The molecule has 0 spiro atoms. The van der Waals surface area contributed by atoms with Crippen LogP contribution in [0.25, 0.3) is 0 Å². The Morgan fingerprint density at radius 1 is 1.21 bits per heavy atom. The van der Waals surface area contributed by atoms with E-state index in [9.17, 15) is 14.4 Å². The largest absolute Gasteiger partial charge is 0.349 e. The van der Waals surface area contributed by atoms with Crippen LogP contribution in [-0.4, -0.2) is 22.4 Å². The molecule has 1 aliphatic rings. The van der Waals surface area contributed by atoms with Crippen molar-refractivity contribution in [2.75, 3.05) is 5.32 Å². The molecule has 24 heavy (non-hydrogen) atoms. The normalized spacial score (nSPS) is 14.5. The highest BCUT2D eigenvalue weighted by molar-refractivity contribution is 7.07. The number of hydrogen-bond donors (Lipinski definition) is 2. The topological polar surface area (TPSA) is 80.2 Å². The van der Waals surface area contributed by atoms with Gasteiger partial charge in [0.05, 0.1) is 11.3 Å². The van der Waals surface area contributed by atoms with Crippen molar-refractivity contribution in [3.05, 3.63) is 51.1 Å². The molecule has 1 saturated carbocycles. The number of nitrogens with zero attached hydrogens (tertiary/aromatic N) is 1. The monoisotopic (exact) mass is 345 g/mol. The van der Waals surface area contributed by atoms with Gasteiger partial charge >= 0.3 is 4.87 Å². The van der Waals surface area contributed by atoms with E-state index in [1.165, 1.54) is 4.57 Å². The molecule has 1 heterocycles. The number of para-hydroxylation sites is 1. The lowest BCUT2D eigenvalue weighted by Crippen LogP contribution is -2.33. The third kappa shape index (κ3) is 3.91. The maximum Gasteiger partial charge on any atom is 0.307 e. The average Bonchev–Trinajstić information content (AvgIpc) is 3.20. The standard InChI is InChI=1S/C17H19N3O3S/c21-15(11-20-9-10-24-17(20)23)19-14-8-4-3-7-13(14)16(22)18-12-5-1-2-6-12/h3-4,7-10,12H,1-2,5-6,11H2,(H,18,22)(H,19,21). The summed E-state index contributed by atoms with van der Waals surface area (Å²) >= 11 is 1.04. The minimum atomic E-state index is -0.336. The van der Waals surface area contributed by atoms with Crippen LogP contribution in [0.3, 0.4) is 0 Å². The van der Waals surface area contributed by atoms with E-state index in [1.54, 1.807) is 35.8 Å². The number of thiazole rings is 1. The summed E-state index contributed by atoms with van der Waals surface area (Å²) in [5.41, 5.74) is 0.900. The molecule has 6 nitrogen and oxygen atoms in total. The molecule has 126 valence electrons. The van der Waals surface area contributed by atoms with Gasteiger partial charge in [-0.2, -0.15) is 0 Å². The van der Waals surface area contributed by atoms with Gasteiger partial charge in [0.2, 0.25) is 5.91 Å². The number of anilines is 1. The second-order valence-corrected chi connectivity index (χ2v) is 6.70. The van der Waals surface area contributed by atoms with E-state index in [-0.39, 0.29) is 29.3 Å². The summed E-state index contributed by atoms with van der Waals surface area (Å²) in [7, 11) is 0. The molecular weight excluding hydrogens is 326 g/mol. The van der Waals surface area contributed by atoms with E-state index in [2.05, 4.69) is 10.6 Å². The Labute approximate surface area is 143 Å². The molecular formula is C17H19N3O3S. The van der Waals surface area contributed by atoms with Crippen LogP contribution in [0, 0.1) is 0 Å². The Balaban J connectivity index is 1.69. The molecule has 1 fully saturated rings. The molecule has 0 atom stereocenters. The van der Waals surface area contributed by atoms with Crippen molar-refractivity contribution in [1.29, 1.82) is 0 Å². The number of hydrogen-bond acceptors (Lipinski definition) is 4. The Kier molecular flexibility index (Phi) is 5.10. The van der Waals surface area contributed by atoms with Crippen molar-refractivity contribution in [2.24, 2.45) is 0 Å². The third-order valence-corrected chi connectivity index (χ3v) is 4.79. The molecule has 7 heteroatoms. The first-order valence-electron chi connectivity index (χ1n) is 7.97. The van der Waals surface area contributed by atoms with Gasteiger partial charge in [0.25, 0.3) is 5.91 Å². The maximum absolute atomic E-state index is 12.5. The summed E-state index contributed by atoms with van der Waals surface area (Å²) in [6.45, 7) is -0.0685. The number of rotatable bonds is 5. The van der Waals surface area contributed by atoms with Crippen LogP contribution in [0.5, 0.6) is 0 Å². The lowest BCUT2D eigenvalue weighted by atomic mass is 10.1. The predicted octanol–water partition coefficient (Wildman–Crippen LogP) is 2.22.